The third kappa shape index (κ3) is 3.03. The number of rotatable bonds is 4. The van der Waals surface area contributed by atoms with Crippen LogP contribution in [0.1, 0.15) is 29.6 Å². The van der Waals surface area contributed by atoms with Crippen LogP contribution < -0.4 is 10.1 Å². The van der Waals surface area contributed by atoms with Crippen molar-refractivity contribution in [1.82, 2.24) is 15.2 Å². The Labute approximate surface area is 145 Å². The summed E-state index contributed by atoms with van der Waals surface area (Å²) in [4.78, 5) is 19.3. The first-order valence-electron chi connectivity index (χ1n) is 8.44. The highest BCUT2D eigenvalue weighted by Gasteiger charge is 2.40. The fourth-order valence-electron chi connectivity index (χ4n) is 3.77. The van der Waals surface area contributed by atoms with Crippen LogP contribution in [0.25, 0.3) is 0 Å². The average Bonchev–Trinajstić information content (AvgIpc) is 3.08. The number of benzene rings is 1. The number of ether oxygens (including phenoxy) is 1. The van der Waals surface area contributed by atoms with Crippen molar-refractivity contribution in [3.63, 3.8) is 0 Å². The number of amides is 1. The van der Waals surface area contributed by atoms with Crippen LogP contribution in [0, 0.1) is 5.92 Å². The van der Waals surface area contributed by atoms with Crippen molar-refractivity contribution in [2.45, 2.75) is 31.8 Å². The summed E-state index contributed by atoms with van der Waals surface area (Å²) in [5.74, 6) is 1.25. The second kappa shape index (κ2) is 6.53. The van der Waals surface area contributed by atoms with Crippen molar-refractivity contribution in [1.29, 1.82) is 0 Å². The van der Waals surface area contributed by atoms with Gasteiger partial charge in [0.25, 0.3) is 5.91 Å². The molecule has 2 bridgehead atoms. The van der Waals surface area contributed by atoms with E-state index in [4.69, 9.17) is 4.74 Å². The fraction of sp³-hybridized carbons (Fsp3) is 0.444. The Morgan fingerprint density at radius 1 is 1.29 bits per heavy atom. The molecule has 126 valence electrons. The molecule has 3 aliphatic heterocycles. The molecule has 5 nitrogen and oxygen atoms in total. The summed E-state index contributed by atoms with van der Waals surface area (Å²) in [7, 11) is 0. The predicted molar refractivity (Wildman–Crippen MR) is 93.6 cm³/mol. The van der Waals surface area contributed by atoms with Gasteiger partial charge in [-0.1, -0.05) is 29.5 Å². The van der Waals surface area contributed by atoms with Gasteiger partial charge >= 0.3 is 0 Å². The van der Waals surface area contributed by atoms with E-state index in [0.717, 1.165) is 18.8 Å². The standard InChI is InChI=1S/C18H21N3O2S/c1-12-16(13-7-9-21(12)10-8-13)20-17(22)18-19-11-15(24-18)23-14-5-3-2-4-6-14/h2-6,11-13,16H,7-10H2,1H3,(H,20,22)/t12-,16-/m0/s1. The monoisotopic (exact) mass is 343 g/mol. The number of aromatic nitrogens is 1. The molecule has 1 aromatic carbocycles. The van der Waals surface area contributed by atoms with Crippen LogP contribution in [0.3, 0.4) is 0 Å². The molecule has 5 rings (SSSR count). The molecule has 1 amide bonds. The maximum absolute atomic E-state index is 12.6. The van der Waals surface area contributed by atoms with Gasteiger partial charge in [-0.05, 0) is 50.9 Å². The first-order chi connectivity index (χ1) is 11.7. The molecule has 3 fully saturated rings. The zero-order chi connectivity index (χ0) is 16.5. The van der Waals surface area contributed by atoms with E-state index in [1.807, 2.05) is 30.3 Å². The molecular weight excluding hydrogens is 322 g/mol. The molecule has 24 heavy (non-hydrogen) atoms. The summed E-state index contributed by atoms with van der Waals surface area (Å²) in [5, 5.41) is 4.30. The maximum Gasteiger partial charge on any atom is 0.280 e. The van der Waals surface area contributed by atoms with Gasteiger partial charge in [-0.15, -0.1) is 0 Å². The zero-order valence-corrected chi connectivity index (χ0v) is 14.5. The molecule has 0 aliphatic carbocycles. The first kappa shape index (κ1) is 15.6. The van der Waals surface area contributed by atoms with E-state index in [1.54, 1.807) is 6.20 Å². The zero-order valence-electron chi connectivity index (χ0n) is 13.6. The summed E-state index contributed by atoms with van der Waals surface area (Å²) < 4.78 is 5.74. The van der Waals surface area contributed by atoms with Crippen LogP contribution in [-0.4, -0.2) is 41.0 Å². The van der Waals surface area contributed by atoms with Crippen molar-refractivity contribution >= 4 is 17.2 Å². The lowest BCUT2D eigenvalue weighted by Gasteiger charge is -2.49. The van der Waals surface area contributed by atoms with Gasteiger partial charge < -0.3 is 10.1 Å². The summed E-state index contributed by atoms with van der Waals surface area (Å²) in [5.41, 5.74) is 0. The molecule has 0 spiro atoms. The highest BCUT2D eigenvalue weighted by molar-refractivity contribution is 7.15. The van der Waals surface area contributed by atoms with E-state index < -0.39 is 0 Å². The predicted octanol–water partition coefficient (Wildman–Crippen LogP) is 3.15. The third-order valence-electron chi connectivity index (χ3n) is 5.12. The lowest BCUT2D eigenvalue weighted by molar-refractivity contribution is 0.0217. The highest BCUT2D eigenvalue weighted by atomic mass is 32.1. The summed E-state index contributed by atoms with van der Waals surface area (Å²) in [6, 6.07) is 10.2. The number of carbonyl (C=O) groups excluding carboxylic acids is 1. The molecule has 0 radical (unpaired) electrons. The van der Waals surface area contributed by atoms with E-state index in [2.05, 4.69) is 22.1 Å². The van der Waals surface area contributed by atoms with Crippen molar-refractivity contribution in [3.8, 4) is 10.8 Å². The van der Waals surface area contributed by atoms with Crippen LogP contribution in [0.4, 0.5) is 0 Å². The fourth-order valence-corrected chi connectivity index (χ4v) is 4.47. The molecule has 4 heterocycles. The van der Waals surface area contributed by atoms with E-state index >= 15 is 0 Å². The Kier molecular flexibility index (Phi) is 4.24. The minimum Gasteiger partial charge on any atom is -0.445 e. The van der Waals surface area contributed by atoms with Crippen molar-refractivity contribution in [2.24, 2.45) is 5.92 Å². The number of thiazole rings is 1. The van der Waals surface area contributed by atoms with E-state index in [-0.39, 0.29) is 11.9 Å². The Balaban J connectivity index is 1.42. The lowest BCUT2D eigenvalue weighted by atomic mass is 9.79. The van der Waals surface area contributed by atoms with Gasteiger partial charge in [0.2, 0.25) is 5.06 Å². The van der Waals surface area contributed by atoms with E-state index in [9.17, 15) is 4.79 Å². The number of hydrogen-bond acceptors (Lipinski definition) is 5. The molecule has 2 atom stereocenters. The number of fused-ring (bicyclic) bond motifs is 3. The molecule has 1 aromatic heterocycles. The van der Waals surface area contributed by atoms with Crippen LogP contribution in [0.15, 0.2) is 36.5 Å². The maximum atomic E-state index is 12.6. The van der Waals surface area contributed by atoms with Crippen LogP contribution in [0.2, 0.25) is 0 Å². The topological polar surface area (TPSA) is 54.5 Å². The second-order valence-corrected chi connectivity index (χ2v) is 7.51. The van der Waals surface area contributed by atoms with Gasteiger partial charge in [0.05, 0.1) is 6.20 Å². The van der Waals surface area contributed by atoms with Gasteiger partial charge in [-0.3, -0.25) is 9.69 Å². The van der Waals surface area contributed by atoms with Gasteiger partial charge in [-0.25, -0.2) is 4.98 Å². The Morgan fingerprint density at radius 2 is 2.04 bits per heavy atom. The van der Waals surface area contributed by atoms with E-state index in [0.29, 0.717) is 22.0 Å². The minimum atomic E-state index is -0.0893. The van der Waals surface area contributed by atoms with Crippen molar-refractivity contribution < 1.29 is 9.53 Å². The molecule has 6 heteroatoms. The van der Waals surface area contributed by atoms with Crippen LogP contribution in [-0.2, 0) is 0 Å². The van der Waals surface area contributed by atoms with Crippen LogP contribution >= 0.6 is 11.3 Å². The second-order valence-electron chi connectivity index (χ2n) is 6.51. The Hall–Kier alpha value is -1.92. The van der Waals surface area contributed by atoms with Gasteiger partial charge in [0.1, 0.15) is 5.75 Å². The molecule has 3 saturated heterocycles. The Bertz CT molecular complexity index is 708. The molecule has 3 aliphatic rings. The molecule has 1 N–H and O–H groups in total. The summed E-state index contributed by atoms with van der Waals surface area (Å²) in [6.07, 6.45) is 3.97. The molecule has 2 aromatic rings. The quantitative estimate of drug-likeness (QED) is 0.926. The average molecular weight is 343 g/mol. The highest BCUT2D eigenvalue weighted by Crippen LogP contribution is 2.33. The summed E-state index contributed by atoms with van der Waals surface area (Å²) >= 11 is 1.29. The SMILES string of the molecule is C[C@H]1[C@H](NC(=O)c2ncc(Oc3ccccc3)s2)C2CCN1CC2. The first-order valence-corrected chi connectivity index (χ1v) is 9.26. The molecule has 0 saturated carbocycles. The third-order valence-corrected chi connectivity index (χ3v) is 5.99. The molecule has 0 unspecified atom stereocenters. The van der Waals surface area contributed by atoms with Gasteiger partial charge in [0.15, 0.2) is 5.01 Å². The van der Waals surface area contributed by atoms with Crippen molar-refractivity contribution in [3.05, 3.63) is 41.5 Å². The minimum absolute atomic E-state index is 0.0893. The van der Waals surface area contributed by atoms with Crippen LogP contribution in [0.5, 0.6) is 10.8 Å². The molecular formula is C18H21N3O2S. The normalized spacial score (nSPS) is 28.5. The lowest BCUT2D eigenvalue weighted by Crippen LogP contribution is -2.62. The number of carbonyl (C=O) groups is 1. The number of piperidine rings is 3. The number of nitrogens with zero attached hydrogens (tertiary/aromatic N) is 2. The van der Waals surface area contributed by atoms with Crippen molar-refractivity contribution in [2.75, 3.05) is 13.1 Å². The van der Waals surface area contributed by atoms with E-state index in [1.165, 1.54) is 24.2 Å². The largest absolute Gasteiger partial charge is 0.445 e. The van der Waals surface area contributed by atoms with Gasteiger partial charge in [-0.2, -0.15) is 0 Å². The smallest absolute Gasteiger partial charge is 0.280 e. The number of nitrogens with one attached hydrogen (secondary N) is 1. The number of hydrogen-bond donors (Lipinski definition) is 1. The summed E-state index contributed by atoms with van der Waals surface area (Å²) in [6.45, 7) is 4.52. The van der Waals surface area contributed by atoms with Gasteiger partial charge in [0, 0.05) is 12.1 Å². The Morgan fingerprint density at radius 3 is 2.75 bits per heavy atom. The number of para-hydroxylation sites is 1.